The van der Waals surface area contributed by atoms with Gasteiger partial charge in [-0.15, -0.1) is 5.10 Å². The average molecular weight is 305 g/mol. The molecule has 2 rings (SSSR count). The van der Waals surface area contributed by atoms with Gasteiger partial charge in [0.1, 0.15) is 0 Å². The fourth-order valence-corrected chi connectivity index (χ4v) is 2.75. The topological polar surface area (TPSA) is 63.9 Å². The molecule has 2 aromatic rings. The number of carbonyl (C=O) groups is 1. The first kappa shape index (κ1) is 15.5. The quantitative estimate of drug-likeness (QED) is 0.793. The van der Waals surface area contributed by atoms with Crippen molar-refractivity contribution in [1.29, 1.82) is 0 Å². The number of hydrogen-bond acceptors (Lipinski definition) is 5. The molecular weight excluding hydrogens is 286 g/mol. The predicted molar refractivity (Wildman–Crippen MR) is 82.2 cm³/mol. The van der Waals surface area contributed by atoms with Crippen molar-refractivity contribution in [3.63, 3.8) is 0 Å². The van der Waals surface area contributed by atoms with Gasteiger partial charge in [0, 0.05) is 25.4 Å². The molecule has 7 heteroatoms. The number of amides is 1. The third kappa shape index (κ3) is 3.81. The molecule has 0 aliphatic rings. The number of rotatable bonds is 5. The van der Waals surface area contributed by atoms with E-state index in [4.69, 9.17) is 0 Å². The smallest absolute Gasteiger partial charge is 0.253 e. The van der Waals surface area contributed by atoms with Crippen molar-refractivity contribution in [2.24, 2.45) is 0 Å². The minimum absolute atomic E-state index is 0.00821. The molecular formula is C14H19N5OS. The van der Waals surface area contributed by atoms with Crippen LogP contribution in [0.1, 0.15) is 35.8 Å². The maximum absolute atomic E-state index is 12.0. The second-order valence-electron chi connectivity index (χ2n) is 5.19. The van der Waals surface area contributed by atoms with Crippen LogP contribution in [0.3, 0.4) is 0 Å². The van der Waals surface area contributed by atoms with Crippen LogP contribution in [0.2, 0.25) is 0 Å². The van der Waals surface area contributed by atoms with Gasteiger partial charge in [0.05, 0.1) is 6.04 Å². The van der Waals surface area contributed by atoms with E-state index in [9.17, 15) is 4.79 Å². The summed E-state index contributed by atoms with van der Waals surface area (Å²) in [5.41, 5.74) is 1.77. The lowest BCUT2D eigenvalue weighted by Crippen LogP contribution is -2.21. The zero-order valence-electron chi connectivity index (χ0n) is 12.6. The van der Waals surface area contributed by atoms with Crippen LogP contribution in [0.4, 0.5) is 0 Å². The van der Waals surface area contributed by atoms with E-state index in [1.807, 2.05) is 38.1 Å². The largest absolute Gasteiger partial charge is 0.345 e. The van der Waals surface area contributed by atoms with Gasteiger partial charge in [0.2, 0.25) is 5.16 Å². The maximum Gasteiger partial charge on any atom is 0.253 e. The minimum atomic E-state index is 0.00821. The van der Waals surface area contributed by atoms with Gasteiger partial charge in [-0.2, -0.15) is 0 Å². The molecule has 0 fully saturated rings. The zero-order chi connectivity index (χ0) is 15.4. The van der Waals surface area contributed by atoms with Crippen LogP contribution in [0.15, 0.2) is 29.4 Å². The van der Waals surface area contributed by atoms with Crippen molar-refractivity contribution in [2.75, 3.05) is 14.1 Å². The fourth-order valence-electron chi connectivity index (χ4n) is 1.80. The van der Waals surface area contributed by atoms with Gasteiger partial charge in [-0.25, -0.2) is 4.68 Å². The van der Waals surface area contributed by atoms with Crippen LogP contribution >= 0.6 is 11.8 Å². The summed E-state index contributed by atoms with van der Waals surface area (Å²) in [4.78, 5) is 13.5. The van der Waals surface area contributed by atoms with Crippen LogP contribution < -0.4 is 0 Å². The third-order valence-electron chi connectivity index (χ3n) is 2.90. The Morgan fingerprint density at radius 2 is 2.14 bits per heavy atom. The second-order valence-corrected chi connectivity index (χ2v) is 6.13. The van der Waals surface area contributed by atoms with E-state index in [1.165, 1.54) is 0 Å². The summed E-state index contributed by atoms with van der Waals surface area (Å²) in [6, 6.07) is 7.87. The number of benzene rings is 1. The summed E-state index contributed by atoms with van der Waals surface area (Å²) in [6.45, 7) is 4.08. The Morgan fingerprint density at radius 3 is 2.81 bits per heavy atom. The first-order valence-electron chi connectivity index (χ1n) is 6.70. The highest BCUT2D eigenvalue weighted by Gasteiger charge is 2.11. The molecule has 0 aliphatic carbocycles. The van der Waals surface area contributed by atoms with Crippen molar-refractivity contribution < 1.29 is 4.79 Å². The number of aromatic nitrogens is 4. The summed E-state index contributed by atoms with van der Waals surface area (Å²) in [5.74, 6) is 0.732. The SMILES string of the molecule is CC(C)n1nnnc1SCc1cccc(C(=O)N(C)C)c1. The van der Waals surface area contributed by atoms with Crippen molar-refractivity contribution in [2.45, 2.75) is 30.8 Å². The molecule has 0 saturated carbocycles. The Hall–Kier alpha value is -1.89. The lowest BCUT2D eigenvalue weighted by atomic mass is 10.1. The van der Waals surface area contributed by atoms with Crippen LogP contribution in [0.5, 0.6) is 0 Å². The van der Waals surface area contributed by atoms with Gasteiger partial charge in [-0.05, 0) is 42.0 Å². The molecule has 1 aromatic carbocycles. The van der Waals surface area contributed by atoms with E-state index in [2.05, 4.69) is 15.5 Å². The Balaban J connectivity index is 2.08. The standard InChI is InChI=1S/C14H19N5OS/c1-10(2)19-14(15-16-17-19)21-9-11-6-5-7-12(8-11)13(20)18(3)4/h5-8,10H,9H2,1-4H3. The van der Waals surface area contributed by atoms with Crippen molar-refractivity contribution in [1.82, 2.24) is 25.1 Å². The molecule has 1 heterocycles. The molecule has 0 N–H and O–H groups in total. The molecule has 0 radical (unpaired) electrons. The lowest BCUT2D eigenvalue weighted by molar-refractivity contribution is 0.0827. The van der Waals surface area contributed by atoms with E-state index in [0.717, 1.165) is 16.5 Å². The number of carbonyl (C=O) groups excluding carboxylic acids is 1. The van der Waals surface area contributed by atoms with Crippen LogP contribution in [0.25, 0.3) is 0 Å². The predicted octanol–water partition coefficient (Wildman–Crippen LogP) is 2.25. The van der Waals surface area contributed by atoms with E-state index in [-0.39, 0.29) is 11.9 Å². The first-order valence-corrected chi connectivity index (χ1v) is 7.69. The molecule has 0 aliphatic heterocycles. The number of tetrazole rings is 1. The van der Waals surface area contributed by atoms with Crippen molar-refractivity contribution >= 4 is 17.7 Å². The summed E-state index contributed by atoms with van der Waals surface area (Å²) in [7, 11) is 3.50. The lowest BCUT2D eigenvalue weighted by Gasteiger charge is -2.11. The number of nitrogens with zero attached hydrogens (tertiary/aromatic N) is 5. The molecule has 1 amide bonds. The molecule has 112 valence electrons. The summed E-state index contributed by atoms with van der Waals surface area (Å²) in [6.07, 6.45) is 0. The van der Waals surface area contributed by atoms with Crippen LogP contribution in [0, 0.1) is 0 Å². The highest BCUT2D eigenvalue weighted by molar-refractivity contribution is 7.98. The molecule has 6 nitrogen and oxygen atoms in total. The second kappa shape index (κ2) is 6.71. The van der Waals surface area contributed by atoms with Gasteiger partial charge >= 0.3 is 0 Å². The van der Waals surface area contributed by atoms with Gasteiger partial charge in [-0.3, -0.25) is 4.79 Å². The molecule has 0 atom stereocenters. The molecule has 21 heavy (non-hydrogen) atoms. The molecule has 0 spiro atoms. The summed E-state index contributed by atoms with van der Waals surface area (Å²) >= 11 is 1.57. The number of thioether (sulfide) groups is 1. The van der Waals surface area contributed by atoms with Gasteiger partial charge in [-0.1, -0.05) is 23.9 Å². The molecule has 0 unspecified atom stereocenters. The van der Waals surface area contributed by atoms with Crippen molar-refractivity contribution in [3.05, 3.63) is 35.4 Å². The van der Waals surface area contributed by atoms with Gasteiger partial charge in [0.25, 0.3) is 5.91 Å². The molecule has 0 bridgehead atoms. The van der Waals surface area contributed by atoms with E-state index in [0.29, 0.717) is 5.56 Å². The Bertz CT molecular complexity index is 623. The van der Waals surface area contributed by atoms with Crippen LogP contribution in [-0.4, -0.2) is 45.1 Å². The normalized spacial score (nSPS) is 10.9. The van der Waals surface area contributed by atoms with E-state index in [1.54, 1.807) is 35.4 Å². The highest BCUT2D eigenvalue weighted by atomic mass is 32.2. The van der Waals surface area contributed by atoms with Crippen LogP contribution in [-0.2, 0) is 5.75 Å². The van der Waals surface area contributed by atoms with Gasteiger partial charge in [0.15, 0.2) is 0 Å². The van der Waals surface area contributed by atoms with Crippen molar-refractivity contribution in [3.8, 4) is 0 Å². The molecule has 0 saturated heterocycles. The minimum Gasteiger partial charge on any atom is -0.345 e. The first-order chi connectivity index (χ1) is 9.99. The van der Waals surface area contributed by atoms with E-state index < -0.39 is 0 Å². The molecule has 1 aromatic heterocycles. The number of hydrogen-bond donors (Lipinski definition) is 0. The monoisotopic (exact) mass is 305 g/mol. The highest BCUT2D eigenvalue weighted by Crippen LogP contribution is 2.22. The van der Waals surface area contributed by atoms with E-state index >= 15 is 0 Å². The maximum atomic E-state index is 12.0. The zero-order valence-corrected chi connectivity index (χ0v) is 13.5. The Labute approximate surface area is 128 Å². The Kier molecular flexibility index (Phi) is 4.95. The van der Waals surface area contributed by atoms with Gasteiger partial charge < -0.3 is 4.90 Å². The average Bonchev–Trinajstić information content (AvgIpc) is 2.93. The summed E-state index contributed by atoms with van der Waals surface area (Å²) < 4.78 is 1.79. The third-order valence-corrected chi connectivity index (χ3v) is 3.90. The Morgan fingerprint density at radius 1 is 1.38 bits per heavy atom. The fraction of sp³-hybridized carbons (Fsp3) is 0.429. The summed E-state index contributed by atoms with van der Waals surface area (Å²) in [5, 5.41) is 12.5.